The molecule has 1 N–H and O–H groups in total. The van der Waals surface area contributed by atoms with Crippen LogP contribution >= 0.6 is 0 Å². The molecule has 0 aliphatic heterocycles. The molecule has 0 radical (unpaired) electrons. The SMILES string of the molecule is COc1ccc2c(C#N)c(-c3cccc(NC(=O)OCC(C)(C)C)c3)n(C)c2c1. The van der Waals surface area contributed by atoms with Crippen molar-refractivity contribution < 1.29 is 14.3 Å². The Morgan fingerprint density at radius 1 is 1.21 bits per heavy atom. The number of amides is 1. The molecule has 0 aliphatic carbocycles. The second-order valence-electron chi connectivity index (χ2n) is 8.12. The number of fused-ring (bicyclic) bond motifs is 1. The molecule has 2 aromatic carbocycles. The van der Waals surface area contributed by atoms with Gasteiger partial charge in [0, 0.05) is 29.8 Å². The minimum Gasteiger partial charge on any atom is -0.497 e. The van der Waals surface area contributed by atoms with E-state index in [1.165, 1.54) is 0 Å². The molecule has 1 amide bonds. The van der Waals surface area contributed by atoms with E-state index in [1.807, 2.05) is 68.8 Å². The number of methoxy groups -OCH3 is 1. The molecule has 0 spiro atoms. The number of aromatic nitrogens is 1. The van der Waals surface area contributed by atoms with Crippen LogP contribution in [0.3, 0.4) is 0 Å². The maximum absolute atomic E-state index is 12.1. The van der Waals surface area contributed by atoms with E-state index in [9.17, 15) is 10.1 Å². The summed E-state index contributed by atoms with van der Waals surface area (Å²) in [7, 11) is 3.53. The number of nitriles is 1. The fourth-order valence-electron chi connectivity index (χ4n) is 3.17. The summed E-state index contributed by atoms with van der Waals surface area (Å²) in [6.07, 6.45) is -0.501. The van der Waals surface area contributed by atoms with E-state index >= 15 is 0 Å². The van der Waals surface area contributed by atoms with Gasteiger partial charge in [0.15, 0.2) is 0 Å². The lowest BCUT2D eigenvalue weighted by molar-refractivity contribution is 0.118. The van der Waals surface area contributed by atoms with Crippen LogP contribution in [0.4, 0.5) is 10.5 Å². The first-order valence-electron chi connectivity index (χ1n) is 9.34. The third-order valence-electron chi connectivity index (χ3n) is 4.54. The fourth-order valence-corrected chi connectivity index (χ4v) is 3.17. The minimum absolute atomic E-state index is 0.106. The molecule has 3 aromatic rings. The first-order valence-corrected chi connectivity index (χ1v) is 9.34. The summed E-state index contributed by atoms with van der Waals surface area (Å²) in [6, 6.07) is 15.3. The number of ether oxygens (including phenoxy) is 2. The van der Waals surface area contributed by atoms with Crippen molar-refractivity contribution in [1.29, 1.82) is 5.26 Å². The maximum atomic E-state index is 12.1. The van der Waals surface area contributed by atoms with Gasteiger partial charge in [0.1, 0.15) is 11.8 Å². The van der Waals surface area contributed by atoms with Crippen molar-refractivity contribution >= 4 is 22.7 Å². The maximum Gasteiger partial charge on any atom is 0.411 e. The van der Waals surface area contributed by atoms with Crippen LogP contribution in [0.2, 0.25) is 0 Å². The van der Waals surface area contributed by atoms with E-state index in [0.717, 1.165) is 27.9 Å². The van der Waals surface area contributed by atoms with Crippen molar-refractivity contribution in [1.82, 2.24) is 4.57 Å². The summed E-state index contributed by atoms with van der Waals surface area (Å²) >= 11 is 0. The highest BCUT2D eigenvalue weighted by atomic mass is 16.5. The van der Waals surface area contributed by atoms with Gasteiger partial charge in [-0.2, -0.15) is 5.26 Å². The molecule has 0 fully saturated rings. The second-order valence-corrected chi connectivity index (χ2v) is 8.12. The molecule has 1 heterocycles. The second kappa shape index (κ2) is 7.88. The lowest BCUT2D eigenvalue weighted by atomic mass is 9.99. The van der Waals surface area contributed by atoms with E-state index < -0.39 is 6.09 Å². The molecule has 6 nitrogen and oxygen atoms in total. The topological polar surface area (TPSA) is 76.3 Å². The van der Waals surface area contributed by atoms with Crippen LogP contribution < -0.4 is 10.1 Å². The zero-order valence-corrected chi connectivity index (χ0v) is 17.4. The summed E-state index contributed by atoms with van der Waals surface area (Å²) in [4.78, 5) is 12.1. The Kier molecular flexibility index (Phi) is 5.51. The summed E-state index contributed by atoms with van der Waals surface area (Å²) < 4.78 is 12.6. The Hall–Kier alpha value is -3.46. The minimum atomic E-state index is -0.501. The largest absolute Gasteiger partial charge is 0.497 e. The molecule has 6 heteroatoms. The van der Waals surface area contributed by atoms with Gasteiger partial charge in [0.25, 0.3) is 0 Å². The van der Waals surface area contributed by atoms with Crippen molar-refractivity contribution in [2.75, 3.05) is 19.0 Å². The summed E-state index contributed by atoms with van der Waals surface area (Å²) in [5, 5.41) is 13.4. The van der Waals surface area contributed by atoms with Crippen molar-refractivity contribution in [3.05, 3.63) is 48.0 Å². The highest BCUT2D eigenvalue weighted by Gasteiger charge is 2.18. The standard InChI is InChI=1S/C23H25N3O3/c1-23(2,3)14-29-22(27)25-16-8-6-7-15(11-16)21-19(13-24)18-10-9-17(28-5)12-20(18)26(21)4/h6-12H,14H2,1-5H3,(H,25,27). The first-order chi connectivity index (χ1) is 13.7. The smallest absolute Gasteiger partial charge is 0.411 e. The number of anilines is 1. The van der Waals surface area contributed by atoms with E-state index in [0.29, 0.717) is 17.9 Å². The van der Waals surface area contributed by atoms with Crippen LogP contribution in [0, 0.1) is 16.7 Å². The molecule has 0 atom stereocenters. The predicted octanol–water partition coefficient (Wildman–Crippen LogP) is 5.32. The highest BCUT2D eigenvalue weighted by Crippen LogP contribution is 2.35. The van der Waals surface area contributed by atoms with Crippen LogP contribution in [-0.4, -0.2) is 24.4 Å². The number of aryl methyl sites for hydroxylation is 1. The fraction of sp³-hybridized carbons (Fsp3) is 0.304. The van der Waals surface area contributed by atoms with E-state index in [2.05, 4.69) is 11.4 Å². The number of nitrogens with zero attached hydrogens (tertiary/aromatic N) is 2. The summed E-state index contributed by atoms with van der Waals surface area (Å²) in [6.45, 7) is 6.32. The Balaban J connectivity index is 1.97. The first kappa shape index (κ1) is 20.3. The van der Waals surface area contributed by atoms with Gasteiger partial charge in [-0.25, -0.2) is 4.79 Å². The Labute approximate surface area is 170 Å². The van der Waals surface area contributed by atoms with Gasteiger partial charge in [-0.1, -0.05) is 32.9 Å². The molecule has 150 valence electrons. The van der Waals surface area contributed by atoms with Crippen LogP contribution in [0.25, 0.3) is 22.2 Å². The monoisotopic (exact) mass is 391 g/mol. The third kappa shape index (κ3) is 4.35. The number of rotatable bonds is 4. The Morgan fingerprint density at radius 3 is 2.62 bits per heavy atom. The molecule has 3 rings (SSSR count). The predicted molar refractivity (Wildman–Crippen MR) is 114 cm³/mol. The Morgan fingerprint density at radius 2 is 1.97 bits per heavy atom. The molecule has 29 heavy (non-hydrogen) atoms. The average molecular weight is 391 g/mol. The quantitative estimate of drug-likeness (QED) is 0.653. The van der Waals surface area contributed by atoms with Gasteiger partial charge >= 0.3 is 6.09 Å². The molecule has 1 aromatic heterocycles. The lowest BCUT2D eigenvalue weighted by Gasteiger charge is -2.18. The molecule has 0 bridgehead atoms. The van der Waals surface area contributed by atoms with E-state index in [-0.39, 0.29) is 5.41 Å². The van der Waals surface area contributed by atoms with Crippen LogP contribution in [0.5, 0.6) is 5.75 Å². The summed E-state index contributed by atoms with van der Waals surface area (Å²) in [5.74, 6) is 0.728. The van der Waals surface area contributed by atoms with Crippen molar-refractivity contribution in [3.8, 4) is 23.1 Å². The number of carbonyl (C=O) groups is 1. The van der Waals surface area contributed by atoms with Crippen molar-refractivity contribution in [2.45, 2.75) is 20.8 Å². The third-order valence-corrected chi connectivity index (χ3v) is 4.54. The van der Waals surface area contributed by atoms with Crippen LogP contribution in [0.1, 0.15) is 26.3 Å². The van der Waals surface area contributed by atoms with Crippen LogP contribution in [-0.2, 0) is 11.8 Å². The molecular formula is C23H25N3O3. The van der Waals surface area contributed by atoms with Crippen molar-refractivity contribution in [3.63, 3.8) is 0 Å². The van der Waals surface area contributed by atoms with Gasteiger partial charge in [-0.15, -0.1) is 0 Å². The molecular weight excluding hydrogens is 366 g/mol. The van der Waals surface area contributed by atoms with Gasteiger partial charge < -0.3 is 14.0 Å². The number of hydrogen-bond acceptors (Lipinski definition) is 4. The molecule has 0 saturated carbocycles. The van der Waals surface area contributed by atoms with Crippen molar-refractivity contribution in [2.24, 2.45) is 12.5 Å². The van der Waals surface area contributed by atoms with Gasteiger partial charge in [-0.05, 0) is 29.7 Å². The zero-order valence-electron chi connectivity index (χ0n) is 17.4. The van der Waals surface area contributed by atoms with Gasteiger partial charge in [-0.3, -0.25) is 5.32 Å². The number of benzene rings is 2. The summed E-state index contributed by atoms with van der Waals surface area (Å²) in [5.41, 5.74) is 3.59. The van der Waals surface area contributed by atoms with E-state index in [1.54, 1.807) is 13.2 Å². The molecule has 0 aliphatic rings. The number of carbonyl (C=O) groups excluding carboxylic acids is 1. The number of nitrogens with one attached hydrogen (secondary N) is 1. The highest BCUT2D eigenvalue weighted by molar-refractivity contribution is 5.96. The number of hydrogen-bond donors (Lipinski definition) is 1. The van der Waals surface area contributed by atoms with E-state index in [4.69, 9.17) is 9.47 Å². The normalized spacial score (nSPS) is 11.2. The van der Waals surface area contributed by atoms with Gasteiger partial charge in [0.2, 0.25) is 0 Å². The zero-order chi connectivity index (χ0) is 21.2. The van der Waals surface area contributed by atoms with Crippen LogP contribution in [0.15, 0.2) is 42.5 Å². The lowest BCUT2D eigenvalue weighted by Crippen LogP contribution is -2.21. The van der Waals surface area contributed by atoms with Gasteiger partial charge in [0.05, 0.1) is 30.5 Å². The molecule has 0 unspecified atom stereocenters. The molecule has 0 saturated heterocycles. The average Bonchev–Trinajstić information content (AvgIpc) is 2.97. The Bertz CT molecular complexity index is 1100.